The highest BCUT2D eigenvalue weighted by molar-refractivity contribution is 6.26. The van der Waals surface area contributed by atoms with Gasteiger partial charge in [-0.25, -0.2) is 0 Å². The average Bonchev–Trinajstić information content (AvgIpc) is 0.835. The summed E-state index contributed by atoms with van der Waals surface area (Å²) in [6.07, 6.45) is 28.2. The molecule has 0 heterocycles. The van der Waals surface area contributed by atoms with Gasteiger partial charge in [0.15, 0.2) is 46.3 Å². The van der Waals surface area contributed by atoms with Crippen LogP contribution >= 0.6 is 0 Å². The number of carbonyl (C=O) groups is 9. The van der Waals surface area contributed by atoms with Crippen LogP contribution in [0.3, 0.4) is 0 Å². The molecule has 24 rings (SSSR count). The fraction of sp³-hybridized carbons (Fsp3) is 0. The van der Waals surface area contributed by atoms with E-state index in [1.165, 1.54) is 0 Å². The Morgan fingerprint density at radius 3 is 0.317 bits per heavy atom. The molecular weight excluding hydrogens is 1500 g/mol. The van der Waals surface area contributed by atoms with Crippen LogP contribution in [0.15, 0.2) is 340 Å². The first kappa shape index (κ1) is 86.7. The monoisotopic (exact) mass is 1580 g/mol. The molecule has 0 atom stereocenters. The summed E-state index contributed by atoms with van der Waals surface area (Å²) in [4.78, 5) is 101. The van der Waals surface area contributed by atoms with Crippen molar-refractivity contribution in [1.82, 2.24) is 0 Å². The molecule has 15 heteroatoms. The number of hydrogen-bond acceptors (Lipinski definition) is 9. The minimum absolute atomic E-state index is 0. The summed E-state index contributed by atoms with van der Waals surface area (Å²) in [7, 11) is 0. The van der Waals surface area contributed by atoms with Crippen LogP contribution in [0.4, 0.5) is 0 Å². The lowest BCUT2D eigenvalue weighted by Crippen LogP contribution is -2.00. The maximum atomic E-state index is 11.6. The summed E-state index contributed by atoms with van der Waals surface area (Å²) >= 11 is 0. The molecule has 120 heavy (non-hydrogen) atoms. The maximum absolute atomic E-state index is 11.6. The van der Waals surface area contributed by atoms with Crippen molar-refractivity contribution < 1.29 is 76.0 Å². The standard InChI is InChI=1S/8C13H8O.CH2O.6H2O/c8*14-12-8-7-10-4-1-3-9-5-2-6-11(12)13(9)10;1-2;;;;;;/h8*1-8H;1H2;6*1H2. The topological polar surface area (TPSA) is 343 Å². The number of allylic oxidation sites excluding steroid dienone is 8. The molecule has 16 aromatic carbocycles. The Labute approximate surface area is 688 Å². The van der Waals surface area contributed by atoms with Gasteiger partial charge in [-0.2, -0.15) is 0 Å². The van der Waals surface area contributed by atoms with Crippen LogP contribution < -0.4 is 0 Å². The normalized spacial score (nSPS) is 12.7. The molecule has 12 N–H and O–H groups in total. The zero-order chi connectivity index (χ0) is 78.3. The van der Waals surface area contributed by atoms with Gasteiger partial charge in [0.1, 0.15) is 6.79 Å². The highest BCUT2D eigenvalue weighted by Gasteiger charge is 2.21. The minimum atomic E-state index is 0. The first-order chi connectivity index (χ1) is 55.9. The Hall–Kier alpha value is -15.7. The van der Waals surface area contributed by atoms with Gasteiger partial charge >= 0.3 is 0 Å². The van der Waals surface area contributed by atoms with Crippen molar-refractivity contribution in [3.05, 3.63) is 429 Å². The van der Waals surface area contributed by atoms with Gasteiger partial charge in [-0.15, -0.1) is 0 Å². The van der Waals surface area contributed by atoms with Gasteiger partial charge in [-0.1, -0.05) is 340 Å². The van der Waals surface area contributed by atoms with Crippen molar-refractivity contribution in [2.75, 3.05) is 0 Å². The molecule has 15 nitrogen and oxygen atoms in total. The highest BCUT2D eigenvalue weighted by Crippen LogP contribution is 2.36. The molecule has 8 aliphatic rings. The van der Waals surface area contributed by atoms with Crippen molar-refractivity contribution in [1.29, 1.82) is 0 Å². The van der Waals surface area contributed by atoms with Crippen LogP contribution in [-0.4, -0.2) is 85.9 Å². The third-order valence-corrected chi connectivity index (χ3v) is 20.9. The lowest BCUT2D eigenvalue weighted by Gasteiger charge is -2.10. The smallest absolute Gasteiger partial charge is 0.186 e. The van der Waals surface area contributed by atoms with Crippen molar-refractivity contribution in [2.45, 2.75) is 0 Å². The van der Waals surface area contributed by atoms with E-state index in [0.717, 1.165) is 175 Å². The predicted octanol–water partition coefficient (Wildman–Crippen LogP) is 19.3. The van der Waals surface area contributed by atoms with Gasteiger partial charge in [0.2, 0.25) is 0 Å². The molecule has 0 amide bonds. The van der Waals surface area contributed by atoms with E-state index in [4.69, 9.17) is 4.79 Å². The molecule has 0 saturated heterocycles. The third kappa shape index (κ3) is 17.0. The van der Waals surface area contributed by atoms with Gasteiger partial charge in [0, 0.05) is 87.6 Å². The zero-order valence-corrected chi connectivity index (χ0v) is 64.3. The van der Waals surface area contributed by atoms with Crippen LogP contribution in [0.1, 0.15) is 127 Å². The van der Waals surface area contributed by atoms with Crippen molar-refractivity contribution >= 4 is 188 Å². The Kier molecular flexibility index (Phi) is 27.6. The van der Waals surface area contributed by atoms with Gasteiger partial charge in [-0.3, -0.25) is 38.4 Å². The molecule has 0 radical (unpaired) electrons. The van der Waals surface area contributed by atoms with E-state index < -0.39 is 0 Å². The SMILES string of the molecule is C=O.O.O.O.O.O.O.O=C1C=Cc2cccc3cccc1c23.O=C1C=Cc2cccc3cccc1c23.O=C1C=Cc2cccc3cccc1c23.O=C1C=Cc2cccc3cccc1c23.O=C1C=Cc2cccc3cccc1c23.O=C1C=Cc2cccc3cccc1c23.O=C1C=Cc2cccc3cccc1c23.O=C1C=Cc2cccc3cccc1c23. The van der Waals surface area contributed by atoms with Crippen molar-refractivity contribution in [2.24, 2.45) is 0 Å². The molecule has 0 bridgehead atoms. The van der Waals surface area contributed by atoms with Crippen LogP contribution in [0, 0.1) is 0 Å². The summed E-state index contributed by atoms with van der Waals surface area (Å²) in [6, 6.07) is 95.5. The highest BCUT2D eigenvalue weighted by atomic mass is 16.2. The molecule has 588 valence electrons. The molecule has 0 aromatic heterocycles. The third-order valence-electron chi connectivity index (χ3n) is 20.9. The number of ketones is 8. The quantitative estimate of drug-likeness (QED) is 0.139. The first-order valence-corrected chi connectivity index (χ1v) is 37.1. The van der Waals surface area contributed by atoms with Gasteiger partial charge in [0.05, 0.1) is 0 Å². The fourth-order valence-electron chi connectivity index (χ4n) is 15.8. The minimum Gasteiger partial charge on any atom is -0.412 e. The summed E-state index contributed by atoms with van der Waals surface area (Å²) in [5.41, 5.74) is 15.7. The fourth-order valence-corrected chi connectivity index (χ4v) is 15.8. The Morgan fingerprint density at radius 2 is 0.217 bits per heavy atom. The predicted molar refractivity (Wildman–Crippen MR) is 487 cm³/mol. The lowest BCUT2D eigenvalue weighted by molar-refractivity contribution is -0.0980. The van der Waals surface area contributed by atoms with E-state index in [1.54, 1.807) is 48.6 Å². The van der Waals surface area contributed by atoms with E-state index in [9.17, 15) is 38.4 Å². The number of rotatable bonds is 0. The molecule has 0 aliphatic heterocycles. The maximum Gasteiger partial charge on any atom is 0.186 e. The van der Waals surface area contributed by atoms with Gasteiger partial charge < -0.3 is 37.7 Å². The number of hydrogen-bond donors (Lipinski definition) is 0. The average molecular weight is 1580 g/mol. The van der Waals surface area contributed by atoms with Crippen molar-refractivity contribution in [3.63, 3.8) is 0 Å². The second kappa shape index (κ2) is 38.2. The van der Waals surface area contributed by atoms with Gasteiger partial charge in [0.25, 0.3) is 0 Å². The van der Waals surface area contributed by atoms with Crippen molar-refractivity contribution in [3.8, 4) is 0 Å². The Morgan fingerprint density at radius 1 is 0.125 bits per heavy atom. The van der Waals surface area contributed by atoms with Crippen LogP contribution in [0.2, 0.25) is 0 Å². The van der Waals surface area contributed by atoms with E-state index in [1.807, 2.05) is 347 Å². The van der Waals surface area contributed by atoms with E-state index in [0.29, 0.717) is 0 Å². The Bertz CT molecular complexity index is 5780. The largest absolute Gasteiger partial charge is 0.412 e. The summed E-state index contributed by atoms with van der Waals surface area (Å²) in [5.74, 6) is 0.847. The second-order valence-electron chi connectivity index (χ2n) is 27.6. The molecule has 0 unspecified atom stereocenters. The summed E-state index contributed by atoms with van der Waals surface area (Å²) in [6.45, 7) is 2.00. The van der Waals surface area contributed by atoms with Crippen LogP contribution in [0.5, 0.6) is 0 Å². The molecular formula is C105H78O15. The van der Waals surface area contributed by atoms with E-state index in [-0.39, 0.29) is 79.1 Å². The molecule has 8 aliphatic carbocycles. The first-order valence-electron chi connectivity index (χ1n) is 37.1. The molecule has 16 aromatic rings. The number of benzene rings is 16. The van der Waals surface area contributed by atoms with Gasteiger partial charge in [-0.05, 0) is 136 Å². The summed E-state index contributed by atoms with van der Waals surface area (Å²) in [5, 5.41) is 17.8. The summed E-state index contributed by atoms with van der Waals surface area (Å²) < 4.78 is 0. The van der Waals surface area contributed by atoms with Crippen LogP contribution in [-0.2, 0) is 4.79 Å². The zero-order valence-electron chi connectivity index (χ0n) is 64.3. The lowest BCUT2D eigenvalue weighted by atomic mass is 9.92. The Balaban J connectivity index is 0.000000143. The molecule has 0 saturated carbocycles. The van der Waals surface area contributed by atoms with Crippen LogP contribution in [0.25, 0.3) is 135 Å². The van der Waals surface area contributed by atoms with E-state index in [2.05, 4.69) is 0 Å². The number of carbonyl (C=O) groups excluding carboxylic acids is 9. The van der Waals surface area contributed by atoms with E-state index >= 15 is 0 Å². The molecule has 0 spiro atoms. The second-order valence-corrected chi connectivity index (χ2v) is 27.6. The molecule has 0 fully saturated rings.